The maximum absolute atomic E-state index is 11.4. The van der Waals surface area contributed by atoms with Crippen molar-refractivity contribution in [1.29, 1.82) is 0 Å². The molecule has 2 rings (SSSR count). The third kappa shape index (κ3) is 2.98. The van der Waals surface area contributed by atoms with E-state index < -0.39 is 5.97 Å². The molecular weight excluding hydrogens is 268 g/mol. The Labute approximate surface area is 114 Å². The van der Waals surface area contributed by atoms with Crippen molar-refractivity contribution in [2.45, 2.75) is 0 Å². The van der Waals surface area contributed by atoms with Gasteiger partial charge in [0.15, 0.2) is 0 Å². The summed E-state index contributed by atoms with van der Waals surface area (Å²) in [6.45, 7) is 0. The summed E-state index contributed by atoms with van der Waals surface area (Å²) in [4.78, 5) is 11.4. The van der Waals surface area contributed by atoms with Crippen molar-refractivity contribution in [3.8, 4) is 5.75 Å². The fourth-order valence-corrected chi connectivity index (χ4v) is 1.83. The zero-order chi connectivity index (χ0) is 13.8. The Bertz CT molecular complexity index is 614. The molecule has 0 aliphatic heterocycles. The first-order valence-electron chi connectivity index (χ1n) is 5.44. The highest BCUT2D eigenvalue weighted by Gasteiger charge is 2.16. The van der Waals surface area contributed by atoms with E-state index >= 15 is 0 Å². The molecule has 0 saturated heterocycles. The Balaban J connectivity index is 2.57. The monoisotopic (exact) mass is 278 g/mol. The van der Waals surface area contributed by atoms with Gasteiger partial charge in [0.1, 0.15) is 11.5 Å². The van der Waals surface area contributed by atoms with Crippen molar-refractivity contribution in [1.82, 2.24) is 0 Å². The summed E-state index contributed by atoms with van der Waals surface area (Å²) in [6, 6.07) is 8.15. The lowest BCUT2D eigenvalue weighted by Gasteiger charge is -2.09. The molecule has 2 aromatic rings. The second-order valence-electron chi connectivity index (χ2n) is 3.72. The van der Waals surface area contributed by atoms with Crippen molar-refractivity contribution >= 4 is 29.2 Å². The molecule has 0 bridgehead atoms. The molecule has 0 amide bonds. The van der Waals surface area contributed by atoms with E-state index in [1.807, 2.05) is 0 Å². The van der Waals surface area contributed by atoms with Crippen molar-refractivity contribution < 1.29 is 19.1 Å². The highest BCUT2D eigenvalue weighted by molar-refractivity contribution is 6.31. The first-order valence-corrected chi connectivity index (χ1v) is 5.82. The Morgan fingerprint density at radius 2 is 2.21 bits per heavy atom. The van der Waals surface area contributed by atoms with Crippen LogP contribution in [0.5, 0.6) is 5.75 Å². The molecule has 0 atom stereocenters. The highest BCUT2D eigenvalue weighted by Crippen LogP contribution is 2.30. The lowest BCUT2D eigenvalue weighted by Crippen LogP contribution is -2.02. The van der Waals surface area contributed by atoms with Crippen LogP contribution in [0, 0.1) is 0 Å². The molecule has 1 aromatic carbocycles. The minimum atomic E-state index is -1.09. The number of methoxy groups -OCH3 is 1. The molecule has 0 unspecified atom stereocenters. The van der Waals surface area contributed by atoms with E-state index in [4.69, 9.17) is 20.8 Å². The summed E-state index contributed by atoms with van der Waals surface area (Å²) in [5.74, 6) is -0.207. The molecule has 0 radical (unpaired) electrons. The average molecular weight is 279 g/mol. The Hall–Kier alpha value is -2.20. The lowest BCUT2D eigenvalue weighted by atomic mass is 10.0. The van der Waals surface area contributed by atoms with Gasteiger partial charge in [0.2, 0.25) is 0 Å². The zero-order valence-corrected chi connectivity index (χ0v) is 10.8. The number of hydrogen-bond acceptors (Lipinski definition) is 3. The summed E-state index contributed by atoms with van der Waals surface area (Å²) in [7, 11) is 1.47. The van der Waals surface area contributed by atoms with E-state index in [0.29, 0.717) is 22.1 Å². The predicted octanol–water partition coefficient (Wildman–Crippen LogP) is 3.57. The van der Waals surface area contributed by atoms with Gasteiger partial charge in [-0.2, -0.15) is 0 Å². The molecule has 5 heteroatoms. The molecule has 1 aromatic heterocycles. The maximum Gasteiger partial charge on any atom is 0.336 e. The molecule has 1 heterocycles. The standard InChI is InChI=1S/C14H11ClO4/c1-18-13-5-4-9(15)7-11(13)12(14(16)17)8-10-3-2-6-19-10/h2-8H,1H3,(H,16,17)/b12-8-. The highest BCUT2D eigenvalue weighted by atomic mass is 35.5. The lowest BCUT2D eigenvalue weighted by molar-refractivity contribution is -0.130. The quantitative estimate of drug-likeness (QED) is 0.869. The van der Waals surface area contributed by atoms with Gasteiger partial charge in [-0.05, 0) is 36.4 Å². The molecule has 0 aliphatic rings. The number of carboxylic acids is 1. The molecule has 0 saturated carbocycles. The van der Waals surface area contributed by atoms with Gasteiger partial charge in [-0.1, -0.05) is 11.6 Å². The van der Waals surface area contributed by atoms with Crippen LogP contribution in [0.1, 0.15) is 11.3 Å². The minimum absolute atomic E-state index is 0.0503. The van der Waals surface area contributed by atoms with Crippen LogP contribution < -0.4 is 4.74 Å². The fraction of sp³-hybridized carbons (Fsp3) is 0.0714. The van der Waals surface area contributed by atoms with Gasteiger partial charge < -0.3 is 14.3 Å². The largest absolute Gasteiger partial charge is 0.496 e. The summed E-state index contributed by atoms with van der Waals surface area (Å²) >= 11 is 5.91. The Kier molecular flexibility index (Phi) is 3.92. The number of carboxylic acid groups (broad SMARTS) is 1. The molecule has 4 nitrogen and oxygen atoms in total. The van der Waals surface area contributed by atoms with Gasteiger partial charge in [-0.25, -0.2) is 4.79 Å². The third-order valence-electron chi connectivity index (χ3n) is 2.51. The van der Waals surface area contributed by atoms with Crippen LogP contribution in [0.15, 0.2) is 41.0 Å². The SMILES string of the molecule is COc1ccc(Cl)cc1/C(=C/c1ccco1)C(=O)O. The number of halogens is 1. The van der Waals surface area contributed by atoms with Crippen LogP contribution >= 0.6 is 11.6 Å². The summed E-state index contributed by atoms with van der Waals surface area (Å²) in [5.41, 5.74) is 0.452. The normalized spacial score (nSPS) is 11.4. The molecule has 0 fully saturated rings. The molecule has 1 N–H and O–H groups in total. The van der Waals surface area contributed by atoms with E-state index in [1.165, 1.54) is 19.4 Å². The predicted molar refractivity (Wildman–Crippen MR) is 72.2 cm³/mol. The van der Waals surface area contributed by atoms with Crippen molar-refractivity contribution in [3.05, 3.63) is 52.9 Å². The molecule has 0 spiro atoms. The first-order chi connectivity index (χ1) is 9.11. The molecular formula is C14H11ClO4. The second-order valence-corrected chi connectivity index (χ2v) is 4.16. The van der Waals surface area contributed by atoms with Gasteiger partial charge in [0.25, 0.3) is 0 Å². The molecule has 0 aliphatic carbocycles. The van der Waals surface area contributed by atoms with Crippen LogP contribution in [-0.2, 0) is 4.79 Å². The second kappa shape index (κ2) is 5.63. The van der Waals surface area contributed by atoms with Crippen molar-refractivity contribution in [2.75, 3.05) is 7.11 Å². The van der Waals surface area contributed by atoms with Crippen LogP contribution in [0.3, 0.4) is 0 Å². The van der Waals surface area contributed by atoms with E-state index in [-0.39, 0.29) is 5.57 Å². The summed E-state index contributed by atoms with van der Waals surface area (Å²) in [5, 5.41) is 9.76. The van der Waals surface area contributed by atoms with Crippen molar-refractivity contribution in [3.63, 3.8) is 0 Å². The van der Waals surface area contributed by atoms with Crippen LogP contribution in [0.25, 0.3) is 11.6 Å². The number of ether oxygens (including phenoxy) is 1. The van der Waals surface area contributed by atoms with Gasteiger partial charge in [-0.15, -0.1) is 0 Å². The molecule has 98 valence electrons. The Morgan fingerprint density at radius 3 is 2.79 bits per heavy atom. The number of hydrogen-bond donors (Lipinski definition) is 1. The van der Waals surface area contributed by atoms with Gasteiger partial charge in [-0.3, -0.25) is 0 Å². The van der Waals surface area contributed by atoms with Crippen LogP contribution in [0.4, 0.5) is 0 Å². The minimum Gasteiger partial charge on any atom is -0.496 e. The number of carbonyl (C=O) groups is 1. The van der Waals surface area contributed by atoms with Crippen molar-refractivity contribution in [2.24, 2.45) is 0 Å². The van der Waals surface area contributed by atoms with Gasteiger partial charge in [0.05, 0.1) is 18.9 Å². The first kappa shape index (κ1) is 13.2. The maximum atomic E-state index is 11.4. The average Bonchev–Trinajstić information content (AvgIpc) is 2.88. The third-order valence-corrected chi connectivity index (χ3v) is 2.75. The van der Waals surface area contributed by atoms with E-state index in [9.17, 15) is 9.90 Å². The fourth-order valence-electron chi connectivity index (χ4n) is 1.66. The van der Waals surface area contributed by atoms with E-state index in [2.05, 4.69) is 0 Å². The van der Waals surface area contributed by atoms with Gasteiger partial charge >= 0.3 is 5.97 Å². The summed E-state index contributed by atoms with van der Waals surface area (Å²) < 4.78 is 10.3. The zero-order valence-electron chi connectivity index (χ0n) is 10.1. The summed E-state index contributed by atoms with van der Waals surface area (Å²) in [6.07, 6.45) is 2.90. The number of rotatable bonds is 4. The number of aliphatic carboxylic acids is 1. The van der Waals surface area contributed by atoms with Crippen LogP contribution in [-0.4, -0.2) is 18.2 Å². The number of furan rings is 1. The van der Waals surface area contributed by atoms with Crippen LogP contribution in [0.2, 0.25) is 5.02 Å². The Morgan fingerprint density at radius 1 is 1.42 bits per heavy atom. The smallest absolute Gasteiger partial charge is 0.336 e. The topological polar surface area (TPSA) is 59.7 Å². The van der Waals surface area contributed by atoms with Gasteiger partial charge in [0, 0.05) is 10.6 Å². The van der Waals surface area contributed by atoms with E-state index in [1.54, 1.807) is 30.3 Å². The van der Waals surface area contributed by atoms with E-state index in [0.717, 1.165) is 0 Å². The molecule has 19 heavy (non-hydrogen) atoms. The number of benzene rings is 1.